The molecule has 0 amide bonds. The van der Waals surface area contributed by atoms with E-state index < -0.39 is 0 Å². The summed E-state index contributed by atoms with van der Waals surface area (Å²) < 4.78 is 18.8. The van der Waals surface area contributed by atoms with E-state index in [1.165, 1.54) is 43.5 Å². The van der Waals surface area contributed by atoms with Gasteiger partial charge >= 0.3 is 0 Å². The molecule has 0 aromatic heterocycles. The summed E-state index contributed by atoms with van der Waals surface area (Å²) >= 11 is 0. The van der Waals surface area contributed by atoms with Gasteiger partial charge in [0.25, 0.3) is 0 Å². The number of benzene rings is 2. The summed E-state index contributed by atoms with van der Waals surface area (Å²) in [5.41, 5.74) is 0.807. The molecule has 0 atom stereocenters. The number of ketones is 2. The van der Waals surface area contributed by atoms with E-state index in [0.717, 1.165) is 37.0 Å². The highest BCUT2D eigenvalue weighted by Gasteiger charge is 2.54. The van der Waals surface area contributed by atoms with E-state index in [1.54, 1.807) is 24.3 Å². The van der Waals surface area contributed by atoms with Crippen LogP contribution in [0.25, 0.3) is 0 Å². The van der Waals surface area contributed by atoms with Gasteiger partial charge in [0.15, 0.2) is 11.6 Å². The molecule has 150 valence electrons. The zero-order chi connectivity index (χ0) is 20.0. The van der Waals surface area contributed by atoms with Gasteiger partial charge in [0.1, 0.15) is 18.2 Å². The van der Waals surface area contributed by atoms with Crippen molar-refractivity contribution in [3.8, 4) is 5.75 Å². The molecule has 0 unspecified atom stereocenters. The van der Waals surface area contributed by atoms with Crippen LogP contribution in [0.3, 0.4) is 0 Å². The Morgan fingerprint density at radius 2 is 1.31 bits per heavy atom. The van der Waals surface area contributed by atoms with E-state index in [1.807, 2.05) is 0 Å². The summed E-state index contributed by atoms with van der Waals surface area (Å²) in [6, 6.07) is 12.3. The normalized spacial score (nSPS) is 29.6. The first-order valence-electron chi connectivity index (χ1n) is 10.6. The molecular weight excluding hydrogens is 367 g/mol. The topological polar surface area (TPSA) is 43.4 Å². The molecule has 2 aromatic carbocycles. The van der Waals surface area contributed by atoms with Crippen LogP contribution in [-0.4, -0.2) is 18.2 Å². The lowest BCUT2D eigenvalue weighted by Crippen LogP contribution is -2.51. The lowest BCUT2D eigenvalue weighted by molar-refractivity contribution is -0.145. The van der Waals surface area contributed by atoms with Crippen LogP contribution in [-0.2, 0) is 4.79 Å². The maximum atomic E-state index is 13.0. The molecule has 0 radical (unpaired) electrons. The van der Waals surface area contributed by atoms with Crippen LogP contribution in [0.2, 0.25) is 0 Å². The Kier molecular flexibility index (Phi) is 4.53. The number of carbonyl (C=O) groups is 2. The van der Waals surface area contributed by atoms with Gasteiger partial charge < -0.3 is 4.74 Å². The molecule has 0 N–H and O–H groups in total. The van der Waals surface area contributed by atoms with Crippen molar-refractivity contribution in [3.05, 3.63) is 65.5 Å². The second-order valence-corrected chi connectivity index (χ2v) is 9.27. The maximum absolute atomic E-state index is 13.0. The maximum Gasteiger partial charge on any atom is 0.193 e. The fourth-order valence-corrected chi connectivity index (χ4v) is 6.22. The lowest BCUT2D eigenvalue weighted by atomic mass is 9.48. The number of halogens is 1. The predicted molar refractivity (Wildman–Crippen MR) is 107 cm³/mol. The molecule has 29 heavy (non-hydrogen) atoms. The molecular formula is C25H25FO3. The highest BCUT2D eigenvalue weighted by molar-refractivity contribution is 6.09. The summed E-state index contributed by atoms with van der Waals surface area (Å²) in [4.78, 5) is 25.5. The number of carbonyl (C=O) groups excluding carboxylic acids is 2. The summed E-state index contributed by atoms with van der Waals surface area (Å²) in [5, 5.41) is 0. The smallest absolute Gasteiger partial charge is 0.193 e. The first-order chi connectivity index (χ1) is 14.0. The first-order valence-corrected chi connectivity index (χ1v) is 10.6. The number of hydrogen-bond acceptors (Lipinski definition) is 3. The second kappa shape index (κ2) is 7.08. The molecule has 4 aliphatic carbocycles. The lowest BCUT2D eigenvalue weighted by Gasteiger charge is -2.55. The van der Waals surface area contributed by atoms with Crippen LogP contribution in [0.4, 0.5) is 4.39 Å². The number of rotatable bonds is 6. The van der Waals surface area contributed by atoms with E-state index in [0.29, 0.717) is 16.9 Å². The van der Waals surface area contributed by atoms with Crippen LogP contribution in [0.15, 0.2) is 48.5 Å². The number of ether oxygens (including phenoxy) is 1. The largest absolute Gasteiger partial charge is 0.486 e. The van der Waals surface area contributed by atoms with Crippen molar-refractivity contribution in [1.29, 1.82) is 0 Å². The Labute approximate surface area is 170 Å². The molecule has 4 bridgehead atoms. The Balaban J connectivity index is 1.22. The molecule has 4 heteroatoms. The predicted octanol–water partition coefficient (Wildman–Crippen LogP) is 5.22. The monoisotopic (exact) mass is 392 g/mol. The third-order valence-electron chi connectivity index (χ3n) is 7.22. The summed E-state index contributed by atoms with van der Waals surface area (Å²) in [6.45, 7) is 0.109. The van der Waals surface area contributed by atoms with Gasteiger partial charge in [0.2, 0.25) is 0 Å². The Bertz CT molecular complexity index is 894. The zero-order valence-corrected chi connectivity index (χ0v) is 16.4. The van der Waals surface area contributed by atoms with Gasteiger partial charge in [-0.3, -0.25) is 9.59 Å². The molecule has 4 aliphatic rings. The molecule has 4 fully saturated rings. The zero-order valence-electron chi connectivity index (χ0n) is 16.4. The third-order valence-corrected chi connectivity index (χ3v) is 7.22. The van der Waals surface area contributed by atoms with Crippen molar-refractivity contribution in [2.75, 3.05) is 6.61 Å². The van der Waals surface area contributed by atoms with Crippen LogP contribution < -0.4 is 4.74 Å². The average Bonchev–Trinajstić information content (AvgIpc) is 2.71. The van der Waals surface area contributed by atoms with Gasteiger partial charge in [0, 0.05) is 16.5 Å². The van der Waals surface area contributed by atoms with Crippen molar-refractivity contribution >= 4 is 11.6 Å². The van der Waals surface area contributed by atoms with E-state index >= 15 is 0 Å². The molecule has 2 aromatic rings. The molecule has 3 nitrogen and oxygen atoms in total. The van der Waals surface area contributed by atoms with E-state index in [-0.39, 0.29) is 29.4 Å². The van der Waals surface area contributed by atoms with Gasteiger partial charge in [-0.15, -0.1) is 0 Å². The van der Waals surface area contributed by atoms with Gasteiger partial charge in [-0.05, 0) is 105 Å². The van der Waals surface area contributed by atoms with Crippen LogP contribution in [0, 0.1) is 29.0 Å². The minimum atomic E-state index is -0.367. The van der Waals surface area contributed by atoms with Crippen molar-refractivity contribution in [1.82, 2.24) is 0 Å². The second-order valence-electron chi connectivity index (χ2n) is 9.27. The van der Waals surface area contributed by atoms with Crippen molar-refractivity contribution in [3.63, 3.8) is 0 Å². The van der Waals surface area contributed by atoms with E-state index in [2.05, 4.69) is 0 Å². The highest BCUT2D eigenvalue weighted by atomic mass is 19.1. The SMILES string of the molecule is O=C(c1ccc(F)cc1)c1ccc(OCC(=O)C23CC4CC(CC(C4)C2)C3)cc1. The van der Waals surface area contributed by atoms with Crippen LogP contribution >= 0.6 is 0 Å². The van der Waals surface area contributed by atoms with Gasteiger partial charge in [0.05, 0.1) is 0 Å². The Morgan fingerprint density at radius 1 is 0.828 bits per heavy atom. The quantitative estimate of drug-likeness (QED) is 0.633. The van der Waals surface area contributed by atoms with Gasteiger partial charge in [-0.2, -0.15) is 0 Å². The minimum absolute atomic E-state index is 0.109. The summed E-state index contributed by atoms with van der Waals surface area (Å²) in [5.74, 6) is 2.53. The van der Waals surface area contributed by atoms with E-state index in [4.69, 9.17) is 4.74 Å². The molecule has 6 rings (SSSR count). The van der Waals surface area contributed by atoms with Crippen molar-refractivity contribution in [2.24, 2.45) is 23.2 Å². The third kappa shape index (κ3) is 3.50. The fourth-order valence-electron chi connectivity index (χ4n) is 6.22. The Morgan fingerprint density at radius 3 is 1.83 bits per heavy atom. The van der Waals surface area contributed by atoms with E-state index in [9.17, 15) is 14.0 Å². The molecule has 0 saturated heterocycles. The average molecular weight is 392 g/mol. The highest BCUT2D eigenvalue weighted by Crippen LogP contribution is 2.60. The standard InChI is InChI=1S/C25H25FO3/c26-21-5-1-19(2-6-21)24(28)20-3-7-22(8-4-20)29-15-23(27)25-12-16-9-17(13-25)11-18(10-16)14-25/h1-8,16-18H,9-15H2. The van der Waals surface area contributed by atoms with Crippen molar-refractivity contribution < 1.29 is 18.7 Å². The fraction of sp³-hybridized carbons (Fsp3) is 0.440. The minimum Gasteiger partial charge on any atom is -0.486 e. The molecule has 0 heterocycles. The van der Waals surface area contributed by atoms with Crippen molar-refractivity contribution in [2.45, 2.75) is 38.5 Å². The number of hydrogen-bond donors (Lipinski definition) is 0. The summed E-state index contributed by atoms with van der Waals surface area (Å²) in [7, 11) is 0. The van der Waals surface area contributed by atoms with Gasteiger partial charge in [-0.1, -0.05) is 0 Å². The summed E-state index contributed by atoms with van der Waals surface area (Å²) in [6.07, 6.45) is 7.09. The molecule has 4 saturated carbocycles. The Hall–Kier alpha value is -2.49. The van der Waals surface area contributed by atoms with Gasteiger partial charge in [-0.25, -0.2) is 4.39 Å². The molecule has 0 aliphatic heterocycles. The number of Topliss-reactive ketones (excluding diaryl/α,β-unsaturated/α-hetero) is 1. The first kappa shape index (κ1) is 18.5. The van der Waals surface area contributed by atoms with Crippen LogP contribution in [0.1, 0.15) is 54.4 Å². The van der Waals surface area contributed by atoms with Crippen LogP contribution in [0.5, 0.6) is 5.75 Å². The molecule has 0 spiro atoms.